The quantitative estimate of drug-likeness (QED) is 0.665. The number of hydroxylamine groups is 1. The van der Waals surface area contributed by atoms with Crippen LogP contribution in [0.2, 0.25) is 0 Å². The second-order valence-corrected chi connectivity index (χ2v) is 9.22. The first kappa shape index (κ1) is 20.1. The van der Waals surface area contributed by atoms with Gasteiger partial charge in [-0.15, -0.1) is 0 Å². The molecule has 2 heterocycles. The van der Waals surface area contributed by atoms with E-state index in [1.54, 1.807) is 0 Å². The molecule has 2 aliphatic carbocycles. The summed E-state index contributed by atoms with van der Waals surface area (Å²) >= 11 is 0. The minimum Gasteiger partial charge on any atom is -0.349 e. The fourth-order valence-corrected chi connectivity index (χ4v) is 5.54. The topological polar surface area (TPSA) is 89.4 Å². The maximum absolute atomic E-state index is 12.7. The highest BCUT2D eigenvalue weighted by atomic mass is 16.7. The Labute approximate surface area is 168 Å². The van der Waals surface area contributed by atoms with E-state index in [0.29, 0.717) is 6.42 Å². The highest BCUT2D eigenvalue weighted by Gasteiger charge is 2.40. The minimum atomic E-state index is -0.307. The highest BCUT2D eigenvalue weighted by Crippen LogP contribution is 2.36. The van der Waals surface area contributed by atoms with Crippen molar-refractivity contribution in [1.82, 2.24) is 21.2 Å². The Kier molecular flexibility index (Phi) is 6.84. The van der Waals surface area contributed by atoms with Crippen molar-refractivity contribution in [3.8, 4) is 6.07 Å². The summed E-state index contributed by atoms with van der Waals surface area (Å²) in [7, 11) is 0. The third-order valence-electron chi connectivity index (χ3n) is 7.16. The van der Waals surface area contributed by atoms with E-state index in [1.165, 1.54) is 32.1 Å². The Morgan fingerprint density at radius 2 is 1.93 bits per heavy atom. The number of hydrogen-bond acceptors (Lipinski definition) is 6. The van der Waals surface area contributed by atoms with Gasteiger partial charge in [0, 0.05) is 32.0 Å². The fourth-order valence-electron chi connectivity index (χ4n) is 5.54. The van der Waals surface area contributed by atoms with Crippen molar-refractivity contribution in [2.45, 2.75) is 82.4 Å². The Morgan fingerprint density at radius 1 is 1.14 bits per heavy atom. The molecular formula is C21H35N5O2. The second-order valence-electron chi connectivity index (χ2n) is 9.22. The van der Waals surface area contributed by atoms with Crippen LogP contribution in [0.1, 0.15) is 64.2 Å². The van der Waals surface area contributed by atoms with Crippen molar-refractivity contribution >= 4 is 5.91 Å². The first-order valence-corrected chi connectivity index (χ1v) is 11.3. The largest absolute Gasteiger partial charge is 0.349 e. The van der Waals surface area contributed by atoms with Gasteiger partial charge in [-0.25, -0.2) is 5.01 Å². The summed E-state index contributed by atoms with van der Waals surface area (Å²) in [5, 5.41) is 14.9. The standard InChI is InChI=1S/C21H35N5O2/c22-11-16-8-4-5-9-18(16)20-10-19(25-28-20)21(27)24-17-12-23-26(14-17)13-15-6-2-1-3-7-15/h15-20,23,25H,1-10,12-14H2,(H,24,27). The molecule has 7 nitrogen and oxygen atoms in total. The number of hydrazine groups is 1. The molecule has 1 amide bonds. The minimum absolute atomic E-state index is 0.0230. The van der Waals surface area contributed by atoms with Gasteiger partial charge >= 0.3 is 0 Å². The van der Waals surface area contributed by atoms with E-state index in [-0.39, 0.29) is 35.9 Å². The van der Waals surface area contributed by atoms with E-state index in [0.717, 1.165) is 51.2 Å². The molecule has 0 aromatic rings. The van der Waals surface area contributed by atoms with Crippen LogP contribution in [0, 0.1) is 29.1 Å². The van der Waals surface area contributed by atoms with E-state index in [2.05, 4.69) is 27.3 Å². The molecule has 2 saturated carbocycles. The summed E-state index contributed by atoms with van der Waals surface area (Å²) in [6, 6.07) is 2.29. The molecule has 7 heteroatoms. The lowest BCUT2D eigenvalue weighted by Crippen LogP contribution is -2.47. The first-order valence-electron chi connectivity index (χ1n) is 11.3. The van der Waals surface area contributed by atoms with Crippen LogP contribution in [0.15, 0.2) is 0 Å². The number of nitrogens with one attached hydrogen (secondary N) is 3. The lowest BCUT2D eigenvalue weighted by Gasteiger charge is -2.30. The van der Waals surface area contributed by atoms with Gasteiger partial charge in [0.25, 0.3) is 0 Å². The van der Waals surface area contributed by atoms with Crippen molar-refractivity contribution in [2.75, 3.05) is 19.6 Å². The molecule has 0 aromatic heterocycles. The Hall–Kier alpha value is -1.20. The van der Waals surface area contributed by atoms with Gasteiger partial charge in [0.1, 0.15) is 6.04 Å². The normalized spacial score (nSPS) is 37.6. The maximum atomic E-state index is 12.7. The molecule has 4 rings (SSSR count). The Bertz CT molecular complexity index is 574. The molecule has 4 fully saturated rings. The molecule has 0 bridgehead atoms. The van der Waals surface area contributed by atoms with Gasteiger partial charge in [-0.3, -0.25) is 15.1 Å². The van der Waals surface area contributed by atoms with Crippen molar-refractivity contribution in [3.63, 3.8) is 0 Å². The number of nitriles is 1. The van der Waals surface area contributed by atoms with Crippen molar-refractivity contribution in [3.05, 3.63) is 0 Å². The number of rotatable bonds is 5. The monoisotopic (exact) mass is 389 g/mol. The molecule has 0 spiro atoms. The van der Waals surface area contributed by atoms with E-state index >= 15 is 0 Å². The smallest absolute Gasteiger partial charge is 0.239 e. The van der Waals surface area contributed by atoms with Crippen LogP contribution < -0.4 is 16.2 Å². The van der Waals surface area contributed by atoms with Crippen molar-refractivity contribution in [2.24, 2.45) is 17.8 Å². The summed E-state index contributed by atoms with van der Waals surface area (Å²) in [5.74, 6) is 1.14. The second kappa shape index (κ2) is 9.53. The first-order chi connectivity index (χ1) is 13.7. The van der Waals surface area contributed by atoms with Crippen LogP contribution in [-0.2, 0) is 9.63 Å². The highest BCUT2D eigenvalue weighted by molar-refractivity contribution is 5.82. The SMILES string of the molecule is N#CC1CCCCC1C1CC(C(=O)NC2CNN(CC3CCCCC3)C2)NO1. The van der Waals surface area contributed by atoms with Gasteiger partial charge in [-0.2, -0.15) is 10.7 Å². The third-order valence-corrected chi connectivity index (χ3v) is 7.16. The average molecular weight is 390 g/mol. The molecule has 28 heavy (non-hydrogen) atoms. The third kappa shape index (κ3) is 4.85. The molecular weight excluding hydrogens is 354 g/mol. The van der Waals surface area contributed by atoms with Gasteiger partial charge in [-0.05, 0) is 31.6 Å². The van der Waals surface area contributed by atoms with Gasteiger partial charge in [-0.1, -0.05) is 32.1 Å². The van der Waals surface area contributed by atoms with Crippen LogP contribution in [0.3, 0.4) is 0 Å². The van der Waals surface area contributed by atoms with E-state index < -0.39 is 0 Å². The molecule has 5 atom stereocenters. The van der Waals surface area contributed by atoms with Gasteiger partial charge in [0.2, 0.25) is 5.91 Å². The molecule has 0 radical (unpaired) electrons. The zero-order valence-corrected chi connectivity index (χ0v) is 16.9. The summed E-state index contributed by atoms with van der Waals surface area (Å²) in [6.45, 7) is 2.77. The number of amides is 1. The average Bonchev–Trinajstić information content (AvgIpc) is 3.38. The van der Waals surface area contributed by atoms with Gasteiger partial charge in [0.05, 0.1) is 24.1 Å². The summed E-state index contributed by atoms with van der Waals surface area (Å²) in [5.41, 5.74) is 6.40. The Morgan fingerprint density at radius 3 is 2.75 bits per heavy atom. The van der Waals surface area contributed by atoms with E-state index in [4.69, 9.17) is 4.84 Å². The number of carbonyl (C=O) groups is 1. The Balaban J connectivity index is 1.21. The predicted octanol–water partition coefficient (Wildman–Crippen LogP) is 1.86. The summed E-state index contributed by atoms with van der Waals surface area (Å²) in [4.78, 5) is 18.5. The van der Waals surface area contributed by atoms with Crippen LogP contribution in [-0.4, -0.2) is 48.7 Å². The van der Waals surface area contributed by atoms with Crippen LogP contribution in [0.5, 0.6) is 0 Å². The lowest BCUT2D eigenvalue weighted by atomic mass is 9.76. The summed E-state index contributed by atoms with van der Waals surface area (Å²) < 4.78 is 0. The lowest BCUT2D eigenvalue weighted by molar-refractivity contribution is -0.125. The molecule has 156 valence electrons. The van der Waals surface area contributed by atoms with Crippen LogP contribution in [0.25, 0.3) is 0 Å². The van der Waals surface area contributed by atoms with E-state index in [9.17, 15) is 10.1 Å². The molecule has 2 aliphatic heterocycles. The zero-order valence-electron chi connectivity index (χ0n) is 16.9. The van der Waals surface area contributed by atoms with Crippen LogP contribution in [0.4, 0.5) is 0 Å². The zero-order chi connectivity index (χ0) is 19.3. The summed E-state index contributed by atoms with van der Waals surface area (Å²) in [6.07, 6.45) is 11.7. The van der Waals surface area contributed by atoms with Gasteiger partial charge < -0.3 is 5.32 Å². The van der Waals surface area contributed by atoms with Gasteiger partial charge in [0.15, 0.2) is 0 Å². The molecule has 0 aromatic carbocycles. The maximum Gasteiger partial charge on any atom is 0.239 e. The van der Waals surface area contributed by atoms with Crippen molar-refractivity contribution < 1.29 is 9.63 Å². The number of hydrogen-bond donors (Lipinski definition) is 3. The van der Waals surface area contributed by atoms with Crippen LogP contribution >= 0.6 is 0 Å². The molecule has 3 N–H and O–H groups in total. The van der Waals surface area contributed by atoms with Crippen molar-refractivity contribution in [1.29, 1.82) is 5.26 Å². The molecule has 2 saturated heterocycles. The number of carbonyl (C=O) groups excluding carboxylic acids is 1. The molecule has 4 aliphatic rings. The predicted molar refractivity (Wildman–Crippen MR) is 106 cm³/mol. The number of nitrogens with zero attached hydrogens (tertiary/aromatic N) is 2. The van der Waals surface area contributed by atoms with E-state index in [1.807, 2.05) is 0 Å². The molecule has 5 unspecified atom stereocenters. The fraction of sp³-hybridized carbons (Fsp3) is 0.905.